The molecule has 2 atom stereocenters. The molecule has 0 saturated heterocycles. The average Bonchev–Trinajstić information content (AvgIpc) is 2.91. The summed E-state index contributed by atoms with van der Waals surface area (Å²) in [6.07, 6.45) is 38.0. The fourth-order valence-corrected chi connectivity index (χ4v) is 5.64. The highest BCUT2D eigenvalue weighted by atomic mass is 16.4. The van der Waals surface area contributed by atoms with E-state index in [4.69, 9.17) is 5.11 Å². The van der Waals surface area contributed by atoms with E-state index in [0.717, 1.165) is 18.8 Å². The third-order valence-corrected chi connectivity index (χ3v) is 8.41. The van der Waals surface area contributed by atoms with Gasteiger partial charge in [0.25, 0.3) is 0 Å². The summed E-state index contributed by atoms with van der Waals surface area (Å²) >= 11 is 0. The van der Waals surface area contributed by atoms with E-state index in [0.29, 0.717) is 6.42 Å². The van der Waals surface area contributed by atoms with Gasteiger partial charge in [0, 0.05) is 0 Å². The van der Waals surface area contributed by atoms with E-state index in [1.807, 2.05) is 0 Å². The third kappa shape index (κ3) is 30.4. The third-order valence-electron chi connectivity index (χ3n) is 8.41. The van der Waals surface area contributed by atoms with Crippen LogP contribution in [0.25, 0.3) is 0 Å². The lowest BCUT2D eigenvalue weighted by Crippen LogP contribution is -2.28. The summed E-state index contributed by atoms with van der Waals surface area (Å²) < 4.78 is 0. The topological polar surface area (TPSA) is 60.7 Å². The van der Waals surface area contributed by atoms with Gasteiger partial charge in [-0.15, -0.1) is 0 Å². The smallest absolute Gasteiger partial charge is 0.103 e. The van der Waals surface area contributed by atoms with Crippen molar-refractivity contribution >= 4 is 0 Å². The quantitative estimate of drug-likeness (QED) is 0.0743. The first-order valence-corrected chi connectivity index (χ1v) is 17.5. The first kappa shape index (κ1) is 37.9. The minimum Gasteiger partial charge on any atom is -0.394 e. The van der Waals surface area contributed by atoms with E-state index in [-0.39, 0.29) is 6.61 Å². The van der Waals surface area contributed by atoms with E-state index in [2.05, 4.69) is 13.8 Å². The average molecular weight is 541 g/mol. The number of aliphatic hydroxyl groups is 3. The Balaban J connectivity index is 3.08. The van der Waals surface area contributed by atoms with Crippen LogP contribution in [0, 0.1) is 5.92 Å². The van der Waals surface area contributed by atoms with Crippen molar-refractivity contribution in [3.8, 4) is 0 Å². The van der Waals surface area contributed by atoms with Gasteiger partial charge in [-0.2, -0.15) is 0 Å². The summed E-state index contributed by atoms with van der Waals surface area (Å²) in [5.41, 5.74) is 0. The van der Waals surface area contributed by atoms with Gasteiger partial charge in [-0.1, -0.05) is 194 Å². The molecule has 0 bridgehead atoms. The summed E-state index contributed by atoms with van der Waals surface area (Å²) in [6, 6.07) is 0. The van der Waals surface area contributed by atoms with Crippen LogP contribution in [-0.4, -0.2) is 34.1 Å². The molecule has 0 heterocycles. The molecule has 0 aromatic carbocycles. The molecule has 3 N–H and O–H groups in total. The molecule has 0 saturated carbocycles. The molecule has 3 heteroatoms. The Morgan fingerprint density at radius 1 is 0.316 bits per heavy atom. The Labute approximate surface area is 240 Å². The second kappa shape index (κ2) is 31.4. The van der Waals surface area contributed by atoms with Crippen LogP contribution in [0.2, 0.25) is 0 Å². The fraction of sp³-hybridized carbons (Fsp3) is 1.00. The molecule has 0 aliphatic rings. The minimum atomic E-state index is -0.974. The van der Waals surface area contributed by atoms with Crippen LogP contribution in [0.3, 0.4) is 0 Å². The summed E-state index contributed by atoms with van der Waals surface area (Å²) in [6.45, 7) is 4.33. The molecule has 0 aromatic rings. The summed E-state index contributed by atoms with van der Waals surface area (Å²) in [5.74, 6) is 0.885. The number of rotatable bonds is 32. The van der Waals surface area contributed by atoms with Crippen molar-refractivity contribution in [2.45, 2.75) is 212 Å². The van der Waals surface area contributed by atoms with Gasteiger partial charge in [0.2, 0.25) is 0 Å². The lowest BCUT2D eigenvalue weighted by Gasteiger charge is -2.14. The zero-order chi connectivity index (χ0) is 27.9. The highest BCUT2D eigenvalue weighted by molar-refractivity contribution is 4.65. The van der Waals surface area contributed by atoms with Crippen LogP contribution in [-0.2, 0) is 0 Å². The molecule has 38 heavy (non-hydrogen) atoms. The van der Waals surface area contributed by atoms with Gasteiger partial charge in [0.15, 0.2) is 0 Å². The zero-order valence-electron chi connectivity index (χ0n) is 26.3. The van der Waals surface area contributed by atoms with Crippen molar-refractivity contribution in [3.05, 3.63) is 0 Å². The summed E-state index contributed by atoms with van der Waals surface area (Å²) in [7, 11) is 0. The first-order chi connectivity index (χ1) is 18.6. The molecule has 0 spiro atoms. The van der Waals surface area contributed by atoms with Crippen molar-refractivity contribution in [1.29, 1.82) is 0 Å². The number of hydrogen-bond acceptors (Lipinski definition) is 3. The molecule has 3 nitrogen and oxygen atoms in total. The minimum absolute atomic E-state index is 0.347. The molecule has 0 aromatic heterocycles. The molecule has 0 fully saturated rings. The van der Waals surface area contributed by atoms with Crippen molar-refractivity contribution in [3.63, 3.8) is 0 Å². The van der Waals surface area contributed by atoms with Crippen molar-refractivity contribution in [1.82, 2.24) is 0 Å². The SMILES string of the molecule is CC(C)CCCCCCCCCCCCCCCCCCCCCCCCCCCCCC(O)C(O)CO. The van der Waals surface area contributed by atoms with Gasteiger partial charge in [0.05, 0.1) is 12.7 Å². The van der Waals surface area contributed by atoms with Crippen LogP contribution < -0.4 is 0 Å². The van der Waals surface area contributed by atoms with Crippen molar-refractivity contribution in [2.24, 2.45) is 5.92 Å². The largest absolute Gasteiger partial charge is 0.394 e. The molecule has 2 unspecified atom stereocenters. The monoisotopic (exact) mass is 541 g/mol. The van der Waals surface area contributed by atoms with Crippen molar-refractivity contribution in [2.75, 3.05) is 6.61 Å². The molecular weight excluding hydrogens is 468 g/mol. The molecule has 0 aliphatic carbocycles. The van der Waals surface area contributed by atoms with Crippen LogP contribution in [0.15, 0.2) is 0 Å². The molecule has 0 radical (unpaired) electrons. The maximum absolute atomic E-state index is 9.61. The Morgan fingerprint density at radius 2 is 0.526 bits per heavy atom. The van der Waals surface area contributed by atoms with E-state index in [1.165, 1.54) is 167 Å². The van der Waals surface area contributed by atoms with Crippen LogP contribution >= 0.6 is 0 Å². The predicted octanol–water partition coefficient (Wildman–Crippen LogP) is 10.7. The number of hydrogen-bond donors (Lipinski definition) is 3. The Hall–Kier alpha value is -0.120. The fourth-order valence-electron chi connectivity index (χ4n) is 5.64. The Morgan fingerprint density at radius 3 is 0.737 bits per heavy atom. The lowest BCUT2D eigenvalue weighted by atomic mass is 10.0. The molecule has 0 amide bonds. The van der Waals surface area contributed by atoms with Gasteiger partial charge in [-0.3, -0.25) is 0 Å². The Kier molecular flexibility index (Phi) is 31.3. The van der Waals surface area contributed by atoms with Gasteiger partial charge >= 0.3 is 0 Å². The second-order valence-electron chi connectivity index (χ2n) is 12.8. The molecule has 230 valence electrons. The number of unbranched alkanes of at least 4 members (excludes halogenated alkanes) is 26. The van der Waals surface area contributed by atoms with E-state index in [9.17, 15) is 10.2 Å². The van der Waals surface area contributed by atoms with E-state index < -0.39 is 12.2 Å². The highest BCUT2D eigenvalue weighted by Gasteiger charge is 2.13. The summed E-state index contributed by atoms with van der Waals surface area (Å²) in [5, 5.41) is 27.8. The predicted molar refractivity (Wildman–Crippen MR) is 168 cm³/mol. The molecule has 0 rings (SSSR count). The zero-order valence-corrected chi connectivity index (χ0v) is 26.3. The lowest BCUT2D eigenvalue weighted by molar-refractivity contribution is -0.0185. The molecule has 0 aliphatic heterocycles. The van der Waals surface area contributed by atoms with Crippen LogP contribution in [0.1, 0.15) is 200 Å². The van der Waals surface area contributed by atoms with Crippen LogP contribution in [0.5, 0.6) is 0 Å². The van der Waals surface area contributed by atoms with Gasteiger partial charge in [0.1, 0.15) is 6.10 Å². The highest BCUT2D eigenvalue weighted by Crippen LogP contribution is 2.17. The maximum atomic E-state index is 9.61. The normalized spacial score (nSPS) is 13.4. The van der Waals surface area contributed by atoms with E-state index in [1.54, 1.807) is 0 Å². The second-order valence-corrected chi connectivity index (χ2v) is 12.8. The molecular formula is C35H72O3. The standard InChI is InChI=1S/C35H72O3/c1-33(2)30-28-26-24-22-20-18-16-14-12-10-8-6-4-3-5-7-9-11-13-15-17-19-21-23-25-27-29-31-34(37)35(38)32-36/h33-38H,3-32H2,1-2H3. The number of aliphatic hydroxyl groups excluding tert-OH is 3. The van der Waals surface area contributed by atoms with Gasteiger partial charge in [-0.25, -0.2) is 0 Å². The van der Waals surface area contributed by atoms with Crippen molar-refractivity contribution < 1.29 is 15.3 Å². The van der Waals surface area contributed by atoms with Gasteiger partial charge < -0.3 is 15.3 Å². The van der Waals surface area contributed by atoms with Gasteiger partial charge in [-0.05, 0) is 12.3 Å². The van der Waals surface area contributed by atoms with E-state index >= 15 is 0 Å². The summed E-state index contributed by atoms with van der Waals surface area (Å²) in [4.78, 5) is 0. The van der Waals surface area contributed by atoms with Crippen LogP contribution in [0.4, 0.5) is 0 Å². The Bertz CT molecular complexity index is 425. The maximum Gasteiger partial charge on any atom is 0.103 e. The first-order valence-electron chi connectivity index (χ1n) is 17.5.